The average molecular weight is 788 g/mol. The van der Waals surface area contributed by atoms with Gasteiger partial charge in [0.15, 0.2) is 5.78 Å². The number of unbranched alkanes of at least 4 members (excludes halogenated alkanes) is 3. The third kappa shape index (κ3) is 12.5. The number of ketones is 1. The molecule has 0 spiro atoms. The van der Waals surface area contributed by atoms with Crippen molar-refractivity contribution in [2.45, 2.75) is 63.4 Å². The molecule has 2 aromatic carbocycles. The van der Waals surface area contributed by atoms with E-state index in [1.807, 2.05) is 42.5 Å². The molecule has 52 heavy (non-hydrogen) atoms. The molecule has 19 nitrogen and oxygen atoms in total. The summed E-state index contributed by atoms with van der Waals surface area (Å²) in [5, 5.41) is 26.6. The number of benzene rings is 2. The lowest BCUT2D eigenvalue weighted by Crippen LogP contribution is -2.26. The lowest BCUT2D eigenvalue weighted by atomic mass is 9.98. The molecule has 3 unspecified atom stereocenters. The number of nitro groups is 1. The van der Waals surface area contributed by atoms with Crippen molar-refractivity contribution in [3.63, 3.8) is 0 Å². The number of phosphoric acid groups is 3. The number of carbonyl (C=O) groups is 2. The molecule has 1 aromatic heterocycles. The molecule has 1 amide bonds. The lowest BCUT2D eigenvalue weighted by Gasteiger charge is -2.18. The fraction of sp³-hybridized carbons (Fsp3) is 0.400. The summed E-state index contributed by atoms with van der Waals surface area (Å²) >= 11 is 0. The van der Waals surface area contributed by atoms with Crippen molar-refractivity contribution in [3.8, 4) is 11.8 Å². The first-order chi connectivity index (χ1) is 24.4. The van der Waals surface area contributed by atoms with Crippen molar-refractivity contribution < 1.29 is 70.8 Å². The highest BCUT2D eigenvalue weighted by molar-refractivity contribution is 7.66. The van der Waals surface area contributed by atoms with E-state index < -0.39 is 59.3 Å². The lowest BCUT2D eigenvalue weighted by molar-refractivity contribution is -0.393. The van der Waals surface area contributed by atoms with Crippen LogP contribution in [0.3, 0.4) is 0 Å². The molecule has 0 bridgehead atoms. The van der Waals surface area contributed by atoms with Crippen molar-refractivity contribution >= 4 is 51.7 Å². The molecule has 5 atom stereocenters. The SMILES string of the molecule is O=C(CCCCCCC(=O)c1cccc2ccccc12)NCC#Cc1cc([N+](=O)[O-])n([C@H]2CC(O)[C@@H](COP(=O)(O)OP(=O)(O)OP(=O)(O)O)O2)c1. The third-order valence-electron chi connectivity index (χ3n) is 7.60. The minimum atomic E-state index is -5.76. The number of fused-ring (bicyclic) bond motifs is 1. The summed E-state index contributed by atoms with van der Waals surface area (Å²) in [6.07, 6.45) is 0.539. The summed E-state index contributed by atoms with van der Waals surface area (Å²) in [5.74, 6) is 4.77. The van der Waals surface area contributed by atoms with Gasteiger partial charge >= 0.3 is 29.3 Å². The smallest absolute Gasteiger partial charge is 0.390 e. The van der Waals surface area contributed by atoms with Gasteiger partial charge in [0.05, 0.1) is 30.9 Å². The number of hydrogen-bond acceptors (Lipinski definition) is 12. The first kappa shape index (κ1) is 41.2. The van der Waals surface area contributed by atoms with Crippen molar-refractivity contribution in [2.75, 3.05) is 13.2 Å². The molecule has 1 fully saturated rings. The molecule has 22 heteroatoms. The molecule has 0 saturated carbocycles. The number of aliphatic hydroxyl groups is 1. The van der Waals surface area contributed by atoms with E-state index in [2.05, 4.69) is 30.3 Å². The Labute approximate surface area is 296 Å². The summed E-state index contributed by atoms with van der Waals surface area (Å²) in [6, 6.07) is 14.5. The van der Waals surface area contributed by atoms with Gasteiger partial charge in [-0.1, -0.05) is 67.1 Å². The van der Waals surface area contributed by atoms with Gasteiger partial charge in [0.1, 0.15) is 12.3 Å². The highest BCUT2D eigenvalue weighted by Gasteiger charge is 2.44. The third-order valence-corrected chi connectivity index (χ3v) is 11.4. The van der Waals surface area contributed by atoms with Crippen LogP contribution in [0.2, 0.25) is 0 Å². The van der Waals surface area contributed by atoms with E-state index in [0.29, 0.717) is 24.8 Å². The van der Waals surface area contributed by atoms with Crippen LogP contribution >= 0.6 is 23.5 Å². The quantitative estimate of drug-likeness (QED) is 0.0263. The van der Waals surface area contributed by atoms with Crippen LogP contribution in [0.4, 0.5) is 5.82 Å². The van der Waals surface area contributed by atoms with Crippen molar-refractivity contribution in [2.24, 2.45) is 0 Å². The van der Waals surface area contributed by atoms with Gasteiger partial charge < -0.3 is 44.8 Å². The number of Topliss-reactive ketones (excluding diaryl/α,β-unsaturated/α-hetero) is 1. The predicted octanol–water partition coefficient (Wildman–Crippen LogP) is 4.23. The Morgan fingerprint density at radius 3 is 2.38 bits per heavy atom. The molecule has 3 aromatic rings. The van der Waals surface area contributed by atoms with Crippen molar-refractivity contribution in [3.05, 3.63) is 76.0 Å². The zero-order chi connectivity index (χ0) is 38.1. The normalized spacial score (nSPS) is 19.7. The fourth-order valence-electron chi connectivity index (χ4n) is 5.32. The van der Waals surface area contributed by atoms with Gasteiger partial charge in [-0.3, -0.25) is 14.1 Å². The minimum Gasteiger partial charge on any atom is -0.390 e. The second kappa shape index (κ2) is 18.0. The zero-order valence-corrected chi connectivity index (χ0v) is 29.9. The van der Waals surface area contributed by atoms with Gasteiger partial charge in [-0.05, 0) is 28.5 Å². The van der Waals surface area contributed by atoms with E-state index in [-0.39, 0.29) is 36.6 Å². The summed E-state index contributed by atoms with van der Waals surface area (Å²) in [5.41, 5.74) is 0.881. The van der Waals surface area contributed by atoms with Gasteiger partial charge in [0.25, 0.3) is 0 Å². The van der Waals surface area contributed by atoms with Crippen LogP contribution in [0.15, 0.2) is 54.7 Å². The number of nitrogens with zero attached hydrogens (tertiary/aromatic N) is 2. The summed E-state index contributed by atoms with van der Waals surface area (Å²) < 4.78 is 52.5. The first-order valence-electron chi connectivity index (χ1n) is 15.7. The van der Waals surface area contributed by atoms with Gasteiger partial charge in [0.2, 0.25) is 12.1 Å². The van der Waals surface area contributed by atoms with E-state index in [1.54, 1.807) is 0 Å². The van der Waals surface area contributed by atoms with Crippen LogP contribution in [0, 0.1) is 22.0 Å². The molecule has 1 aliphatic rings. The van der Waals surface area contributed by atoms with Crippen LogP contribution in [-0.4, -0.2) is 71.2 Å². The van der Waals surface area contributed by atoms with Crippen molar-refractivity contribution in [1.82, 2.24) is 9.88 Å². The zero-order valence-electron chi connectivity index (χ0n) is 27.3. The monoisotopic (exact) mass is 787 g/mol. The number of amides is 1. The molecule has 4 rings (SSSR count). The number of carbonyl (C=O) groups excluding carboxylic acids is 2. The Morgan fingerprint density at radius 2 is 1.67 bits per heavy atom. The van der Waals surface area contributed by atoms with E-state index in [0.717, 1.165) is 34.2 Å². The molecule has 1 aliphatic heterocycles. The molecule has 2 heterocycles. The minimum absolute atomic E-state index is 0.0430. The standard InChI is InChI=1S/C30H36N3O16P3/c34-25(24-13-7-11-22-10-5-6-12-23(22)24)14-3-1-2-4-15-28(36)31-16-8-9-21-17-29(33(37)38)32(19-21)30-18-26(35)27(47-30)20-46-51(42,43)49-52(44,45)48-50(39,40)41/h5-7,10-13,17,19,26-27,30,35H,1-4,14-16,18,20H2,(H,31,36)(H,42,43)(H,44,45)(H2,39,40,41)/t26?,27-,30-/m1/s1. The molecular weight excluding hydrogens is 751 g/mol. The Hall–Kier alpha value is -3.59. The fourth-order valence-corrected chi connectivity index (χ4v) is 8.35. The molecule has 0 aliphatic carbocycles. The largest absolute Gasteiger partial charge is 0.490 e. The molecular formula is C30H36N3O16P3. The molecule has 1 saturated heterocycles. The Balaban J connectivity index is 1.19. The van der Waals surface area contributed by atoms with E-state index >= 15 is 0 Å². The molecule has 282 valence electrons. The summed E-state index contributed by atoms with van der Waals surface area (Å²) in [4.78, 5) is 72.0. The number of aliphatic hydroxyl groups excluding tert-OH is 1. The maximum absolute atomic E-state index is 12.7. The number of nitrogens with one attached hydrogen (secondary N) is 1. The van der Waals surface area contributed by atoms with Crippen LogP contribution in [0.5, 0.6) is 0 Å². The average Bonchev–Trinajstić information content (AvgIpc) is 3.65. The number of aromatic nitrogens is 1. The highest BCUT2D eigenvalue weighted by Crippen LogP contribution is 2.66. The van der Waals surface area contributed by atoms with E-state index in [9.17, 15) is 48.3 Å². The second-order valence-corrected chi connectivity index (χ2v) is 15.9. The van der Waals surface area contributed by atoms with Crippen LogP contribution in [0.1, 0.15) is 67.1 Å². The Bertz CT molecular complexity index is 1980. The highest BCUT2D eigenvalue weighted by atomic mass is 31.3. The number of ether oxygens (including phenoxy) is 1. The van der Waals surface area contributed by atoms with E-state index in [4.69, 9.17) is 14.5 Å². The first-order valence-corrected chi connectivity index (χ1v) is 20.2. The Kier molecular flexibility index (Phi) is 14.2. The number of phosphoric ester groups is 1. The molecule has 0 radical (unpaired) electrons. The van der Waals surface area contributed by atoms with Gasteiger partial charge in [-0.2, -0.15) is 8.62 Å². The van der Waals surface area contributed by atoms with Crippen LogP contribution in [-0.2, 0) is 36.4 Å². The number of hydrogen-bond donors (Lipinski definition) is 6. The topological polar surface area (TPSA) is 284 Å². The van der Waals surface area contributed by atoms with Gasteiger partial charge in [0, 0.05) is 24.8 Å². The van der Waals surface area contributed by atoms with Gasteiger partial charge in [-0.15, -0.1) is 0 Å². The second-order valence-electron chi connectivity index (χ2n) is 11.5. The maximum Gasteiger partial charge on any atom is 0.490 e. The summed E-state index contributed by atoms with van der Waals surface area (Å²) in [6.45, 7) is -0.993. The Morgan fingerprint density at radius 1 is 0.981 bits per heavy atom. The van der Waals surface area contributed by atoms with Crippen LogP contribution < -0.4 is 5.32 Å². The predicted molar refractivity (Wildman–Crippen MR) is 181 cm³/mol. The molecule has 6 N–H and O–H groups in total. The van der Waals surface area contributed by atoms with Crippen LogP contribution in [0.25, 0.3) is 10.8 Å². The maximum atomic E-state index is 12.7. The van der Waals surface area contributed by atoms with E-state index in [1.165, 1.54) is 6.20 Å². The van der Waals surface area contributed by atoms with Crippen molar-refractivity contribution in [1.29, 1.82) is 0 Å². The summed E-state index contributed by atoms with van der Waals surface area (Å²) in [7, 11) is -16.8. The number of rotatable bonds is 18. The van der Waals surface area contributed by atoms with Gasteiger partial charge in [-0.25, -0.2) is 18.3 Å².